The first kappa shape index (κ1) is 15.6. The normalized spacial score (nSPS) is 10.2. The van der Waals surface area contributed by atoms with Crippen molar-refractivity contribution in [2.24, 2.45) is 0 Å². The van der Waals surface area contributed by atoms with Crippen LogP contribution >= 0.6 is 0 Å². The number of anilines is 1. The fraction of sp³-hybridized carbons (Fsp3) is 0.0500. The summed E-state index contributed by atoms with van der Waals surface area (Å²) >= 11 is 0. The standard InChI is InChI=1S/C20H17NO3/c22-19-9-5-4-8-18(19)16-10-12-17(13-11-16)21-20(23)24-14-15-6-2-1-3-7-15/h1-13,22H,14H2,(H,21,23). The number of carbonyl (C=O) groups excluding carboxylic acids is 1. The highest BCUT2D eigenvalue weighted by molar-refractivity contribution is 5.85. The summed E-state index contributed by atoms with van der Waals surface area (Å²) in [7, 11) is 0. The maximum absolute atomic E-state index is 11.8. The van der Waals surface area contributed by atoms with E-state index in [1.807, 2.05) is 54.6 Å². The van der Waals surface area contributed by atoms with Gasteiger partial charge in [-0.25, -0.2) is 4.79 Å². The molecule has 0 unspecified atom stereocenters. The van der Waals surface area contributed by atoms with E-state index >= 15 is 0 Å². The van der Waals surface area contributed by atoms with Crippen molar-refractivity contribution < 1.29 is 14.6 Å². The van der Waals surface area contributed by atoms with Crippen LogP contribution in [-0.2, 0) is 11.3 Å². The van der Waals surface area contributed by atoms with Crippen molar-refractivity contribution in [2.75, 3.05) is 5.32 Å². The van der Waals surface area contributed by atoms with Crippen LogP contribution < -0.4 is 5.32 Å². The number of phenols is 1. The van der Waals surface area contributed by atoms with Gasteiger partial charge in [-0.2, -0.15) is 0 Å². The maximum atomic E-state index is 11.8. The molecule has 0 fully saturated rings. The molecule has 3 aromatic carbocycles. The van der Waals surface area contributed by atoms with Crippen LogP contribution in [-0.4, -0.2) is 11.2 Å². The van der Waals surface area contributed by atoms with E-state index < -0.39 is 6.09 Å². The summed E-state index contributed by atoms with van der Waals surface area (Å²) in [6.07, 6.45) is -0.505. The van der Waals surface area contributed by atoms with Crippen molar-refractivity contribution in [2.45, 2.75) is 6.61 Å². The molecule has 0 radical (unpaired) electrons. The molecule has 1 amide bonds. The largest absolute Gasteiger partial charge is 0.507 e. The summed E-state index contributed by atoms with van der Waals surface area (Å²) in [5.74, 6) is 0.223. The topological polar surface area (TPSA) is 58.6 Å². The van der Waals surface area contributed by atoms with E-state index in [-0.39, 0.29) is 12.4 Å². The van der Waals surface area contributed by atoms with Gasteiger partial charge in [-0.15, -0.1) is 0 Å². The van der Waals surface area contributed by atoms with Crippen LogP contribution in [0.4, 0.5) is 10.5 Å². The van der Waals surface area contributed by atoms with Gasteiger partial charge in [-0.05, 0) is 29.3 Å². The van der Waals surface area contributed by atoms with Crippen molar-refractivity contribution in [3.05, 3.63) is 84.4 Å². The number of ether oxygens (including phenoxy) is 1. The smallest absolute Gasteiger partial charge is 0.411 e. The fourth-order valence-corrected chi connectivity index (χ4v) is 2.33. The van der Waals surface area contributed by atoms with Crippen molar-refractivity contribution in [3.63, 3.8) is 0 Å². The number of benzene rings is 3. The van der Waals surface area contributed by atoms with Gasteiger partial charge in [0.05, 0.1) is 0 Å². The highest BCUT2D eigenvalue weighted by Crippen LogP contribution is 2.29. The maximum Gasteiger partial charge on any atom is 0.411 e. The predicted octanol–water partition coefficient (Wildman–Crippen LogP) is 4.81. The molecule has 0 saturated heterocycles. The average molecular weight is 319 g/mol. The number of amides is 1. The minimum Gasteiger partial charge on any atom is -0.507 e. The number of nitrogens with one attached hydrogen (secondary N) is 1. The number of rotatable bonds is 4. The van der Waals surface area contributed by atoms with Crippen LogP contribution in [0, 0.1) is 0 Å². The van der Waals surface area contributed by atoms with Gasteiger partial charge in [0, 0.05) is 11.3 Å². The first-order valence-electron chi connectivity index (χ1n) is 7.58. The Morgan fingerprint density at radius 1 is 0.875 bits per heavy atom. The van der Waals surface area contributed by atoms with E-state index in [9.17, 15) is 9.90 Å². The van der Waals surface area contributed by atoms with Crippen molar-refractivity contribution >= 4 is 11.8 Å². The summed E-state index contributed by atoms with van der Waals surface area (Å²) < 4.78 is 5.18. The lowest BCUT2D eigenvalue weighted by atomic mass is 10.0. The predicted molar refractivity (Wildman–Crippen MR) is 93.8 cm³/mol. The second kappa shape index (κ2) is 7.33. The molecule has 0 bridgehead atoms. The molecule has 0 aromatic heterocycles. The van der Waals surface area contributed by atoms with Gasteiger partial charge in [0.15, 0.2) is 0 Å². The molecule has 0 atom stereocenters. The third-order valence-electron chi connectivity index (χ3n) is 3.56. The number of phenolic OH excluding ortho intramolecular Hbond substituents is 1. The van der Waals surface area contributed by atoms with Crippen molar-refractivity contribution in [3.8, 4) is 16.9 Å². The molecular formula is C20H17NO3. The minimum absolute atomic E-state index is 0.223. The van der Waals surface area contributed by atoms with Crippen molar-refractivity contribution in [1.29, 1.82) is 0 Å². The first-order chi connectivity index (χ1) is 11.7. The molecule has 0 saturated carbocycles. The first-order valence-corrected chi connectivity index (χ1v) is 7.58. The zero-order valence-corrected chi connectivity index (χ0v) is 13.0. The Morgan fingerprint density at radius 2 is 1.54 bits per heavy atom. The number of carbonyl (C=O) groups is 1. The quantitative estimate of drug-likeness (QED) is 0.725. The Morgan fingerprint density at radius 3 is 2.25 bits per heavy atom. The third kappa shape index (κ3) is 3.93. The fourth-order valence-electron chi connectivity index (χ4n) is 2.33. The number of aromatic hydroxyl groups is 1. The van der Waals surface area contributed by atoms with Crippen LogP contribution in [0.15, 0.2) is 78.9 Å². The van der Waals surface area contributed by atoms with Gasteiger partial charge in [-0.1, -0.05) is 60.7 Å². The lowest BCUT2D eigenvalue weighted by Crippen LogP contribution is -2.13. The van der Waals surface area contributed by atoms with Crippen LogP contribution in [0.3, 0.4) is 0 Å². The Labute approximate surface area is 140 Å². The Bertz CT molecular complexity index is 814. The highest BCUT2D eigenvalue weighted by Gasteiger charge is 2.06. The van der Waals surface area contributed by atoms with E-state index in [0.717, 1.165) is 16.7 Å². The highest BCUT2D eigenvalue weighted by atomic mass is 16.5. The monoisotopic (exact) mass is 319 g/mol. The molecule has 4 heteroatoms. The van der Waals surface area contributed by atoms with E-state index in [1.54, 1.807) is 24.3 Å². The molecule has 4 nitrogen and oxygen atoms in total. The Kier molecular flexibility index (Phi) is 4.77. The van der Waals surface area contributed by atoms with Gasteiger partial charge < -0.3 is 9.84 Å². The van der Waals surface area contributed by atoms with Gasteiger partial charge in [0.25, 0.3) is 0 Å². The van der Waals surface area contributed by atoms with E-state index in [2.05, 4.69) is 5.32 Å². The van der Waals surface area contributed by atoms with Crippen LogP contribution in [0.2, 0.25) is 0 Å². The average Bonchev–Trinajstić information content (AvgIpc) is 2.62. The summed E-state index contributed by atoms with van der Waals surface area (Å²) in [5, 5.41) is 12.5. The number of hydrogen-bond donors (Lipinski definition) is 2. The molecule has 2 N–H and O–H groups in total. The summed E-state index contributed by atoms with van der Waals surface area (Å²) in [6, 6.07) is 23.8. The van der Waals surface area contributed by atoms with E-state index in [1.165, 1.54) is 0 Å². The molecule has 0 heterocycles. The molecule has 0 aliphatic rings. The molecule has 120 valence electrons. The van der Waals surface area contributed by atoms with Gasteiger partial charge in [0.2, 0.25) is 0 Å². The molecule has 0 spiro atoms. The Hall–Kier alpha value is -3.27. The lowest BCUT2D eigenvalue weighted by molar-refractivity contribution is 0.155. The van der Waals surface area contributed by atoms with Gasteiger partial charge >= 0.3 is 6.09 Å². The minimum atomic E-state index is -0.505. The van der Waals surface area contributed by atoms with Crippen LogP contribution in [0.1, 0.15) is 5.56 Å². The molecule has 24 heavy (non-hydrogen) atoms. The molecule has 0 aliphatic heterocycles. The lowest BCUT2D eigenvalue weighted by Gasteiger charge is -2.09. The summed E-state index contributed by atoms with van der Waals surface area (Å²) in [6.45, 7) is 0.225. The van der Waals surface area contributed by atoms with Gasteiger partial charge in [-0.3, -0.25) is 5.32 Å². The second-order valence-electron chi connectivity index (χ2n) is 5.28. The number of hydrogen-bond acceptors (Lipinski definition) is 3. The Balaban J connectivity index is 1.60. The SMILES string of the molecule is O=C(Nc1ccc(-c2ccccc2O)cc1)OCc1ccccc1. The van der Waals surface area contributed by atoms with Crippen LogP contribution in [0.5, 0.6) is 5.75 Å². The summed E-state index contributed by atoms with van der Waals surface area (Å²) in [5.41, 5.74) is 3.18. The van der Waals surface area contributed by atoms with Gasteiger partial charge in [0.1, 0.15) is 12.4 Å². The molecule has 0 aliphatic carbocycles. The third-order valence-corrected chi connectivity index (χ3v) is 3.56. The van der Waals surface area contributed by atoms with Crippen molar-refractivity contribution in [1.82, 2.24) is 0 Å². The molecular weight excluding hydrogens is 302 g/mol. The molecule has 3 aromatic rings. The second-order valence-corrected chi connectivity index (χ2v) is 5.28. The number of para-hydroxylation sites is 1. The zero-order valence-electron chi connectivity index (χ0n) is 13.0. The summed E-state index contributed by atoms with van der Waals surface area (Å²) in [4.78, 5) is 11.8. The van der Waals surface area contributed by atoms with E-state index in [0.29, 0.717) is 5.69 Å². The van der Waals surface area contributed by atoms with E-state index in [4.69, 9.17) is 4.74 Å². The zero-order chi connectivity index (χ0) is 16.8. The molecule has 3 rings (SSSR count). The van der Waals surface area contributed by atoms with Crippen LogP contribution in [0.25, 0.3) is 11.1 Å².